The summed E-state index contributed by atoms with van der Waals surface area (Å²) in [5.74, 6) is -0.0706. The Morgan fingerprint density at radius 2 is 2.06 bits per heavy atom. The molecule has 0 saturated carbocycles. The highest BCUT2D eigenvalue weighted by molar-refractivity contribution is 5.21. The Morgan fingerprint density at radius 1 is 1.44 bits per heavy atom. The van der Waals surface area contributed by atoms with Crippen LogP contribution in [0.4, 0.5) is 0 Å². The van der Waals surface area contributed by atoms with Gasteiger partial charge in [0.25, 0.3) is 0 Å². The first-order valence-corrected chi connectivity index (χ1v) is 5.50. The minimum Gasteiger partial charge on any atom is -0.264 e. The maximum atomic E-state index is 11.0. The van der Waals surface area contributed by atoms with E-state index in [1.54, 1.807) is 6.08 Å². The van der Waals surface area contributed by atoms with Gasteiger partial charge in [-0.15, -0.1) is 6.58 Å². The normalized spacial score (nSPS) is 14.1. The van der Waals surface area contributed by atoms with Crippen molar-refractivity contribution in [2.75, 3.05) is 0 Å². The summed E-state index contributed by atoms with van der Waals surface area (Å²) in [5, 5.41) is 11.0. The molecule has 0 saturated heterocycles. The Kier molecular flexibility index (Phi) is 4.70. The van der Waals surface area contributed by atoms with E-state index in [9.17, 15) is 10.1 Å². The van der Waals surface area contributed by atoms with Crippen molar-refractivity contribution in [1.82, 2.24) is 0 Å². The Hall–Kier alpha value is -1.64. The van der Waals surface area contributed by atoms with Gasteiger partial charge in [0.1, 0.15) is 0 Å². The van der Waals surface area contributed by atoms with Crippen molar-refractivity contribution in [3.63, 3.8) is 0 Å². The fourth-order valence-corrected chi connectivity index (χ4v) is 1.98. The van der Waals surface area contributed by atoms with Crippen molar-refractivity contribution in [1.29, 1.82) is 0 Å². The maximum absolute atomic E-state index is 11.0. The minimum absolute atomic E-state index is 0.0706. The van der Waals surface area contributed by atoms with E-state index in [1.165, 1.54) is 0 Å². The highest BCUT2D eigenvalue weighted by Gasteiger charge is 2.29. The number of nitro groups is 1. The predicted molar refractivity (Wildman–Crippen MR) is 65.1 cm³/mol. The van der Waals surface area contributed by atoms with Gasteiger partial charge in [-0.2, -0.15) is 0 Å². The first-order valence-electron chi connectivity index (χ1n) is 5.50. The van der Waals surface area contributed by atoms with Crippen molar-refractivity contribution in [2.24, 2.45) is 0 Å². The van der Waals surface area contributed by atoms with Gasteiger partial charge in [0, 0.05) is 11.3 Å². The zero-order valence-electron chi connectivity index (χ0n) is 9.50. The highest BCUT2D eigenvalue weighted by Crippen LogP contribution is 2.27. The van der Waals surface area contributed by atoms with Crippen LogP contribution in [0.15, 0.2) is 43.0 Å². The molecule has 0 fully saturated rings. The van der Waals surface area contributed by atoms with Crippen LogP contribution in [0.2, 0.25) is 0 Å². The summed E-state index contributed by atoms with van der Waals surface area (Å²) < 4.78 is 0. The Morgan fingerprint density at radius 3 is 2.50 bits per heavy atom. The highest BCUT2D eigenvalue weighted by atomic mass is 16.6. The summed E-state index contributed by atoms with van der Waals surface area (Å²) in [7, 11) is 0. The second-order valence-electron chi connectivity index (χ2n) is 3.80. The Balaban J connectivity index is 2.98. The second kappa shape index (κ2) is 6.05. The van der Waals surface area contributed by atoms with Gasteiger partial charge in [0.15, 0.2) is 0 Å². The molecule has 1 rings (SSSR count). The van der Waals surface area contributed by atoms with Gasteiger partial charge >= 0.3 is 0 Å². The molecular weight excluding hydrogens is 202 g/mol. The van der Waals surface area contributed by atoms with Gasteiger partial charge < -0.3 is 0 Å². The Labute approximate surface area is 95.9 Å². The van der Waals surface area contributed by atoms with Gasteiger partial charge in [-0.05, 0) is 12.0 Å². The van der Waals surface area contributed by atoms with Crippen molar-refractivity contribution >= 4 is 0 Å². The van der Waals surface area contributed by atoms with Crippen LogP contribution in [-0.4, -0.2) is 11.0 Å². The molecule has 0 aliphatic carbocycles. The van der Waals surface area contributed by atoms with Crippen molar-refractivity contribution in [2.45, 2.75) is 31.7 Å². The lowest BCUT2D eigenvalue weighted by Gasteiger charge is -2.18. The lowest BCUT2D eigenvalue weighted by atomic mass is 9.87. The average Bonchev–Trinajstić information content (AvgIpc) is 2.29. The largest absolute Gasteiger partial charge is 0.264 e. The fourth-order valence-electron chi connectivity index (χ4n) is 1.98. The molecule has 0 heterocycles. The minimum atomic E-state index is -0.527. The molecule has 0 spiro atoms. The molecule has 2 unspecified atom stereocenters. The molecule has 3 heteroatoms. The zero-order chi connectivity index (χ0) is 12.0. The molecule has 0 bridgehead atoms. The number of rotatable bonds is 6. The Bertz CT molecular complexity index is 348. The summed E-state index contributed by atoms with van der Waals surface area (Å²) in [5.41, 5.74) is 1.02. The number of benzene rings is 1. The monoisotopic (exact) mass is 219 g/mol. The quantitative estimate of drug-likeness (QED) is 0.418. The smallest absolute Gasteiger partial charge is 0.219 e. The number of hydrogen-bond acceptors (Lipinski definition) is 2. The van der Waals surface area contributed by atoms with Crippen LogP contribution in [0.25, 0.3) is 0 Å². The van der Waals surface area contributed by atoms with Crippen LogP contribution >= 0.6 is 0 Å². The van der Waals surface area contributed by atoms with E-state index in [0.29, 0.717) is 12.8 Å². The van der Waals surface area contributed by atoms with Crippen molar-refractivity contribution in [3.05, 3.63) is 58.7 Å². The molecule has 2 atom stereocenters. The molecule has 0 amide bonds. The molecule has 1 aromatic carbocycles. The van der Waals surface area contributed by atoms with E-state index in [1.807, 2.05) is 37.3 Å². The molecule has 16 heavy (non-hydrogen) atoms. The van der Waals surface area contributed by atoms with Gasteiger partial charge in [0.05, 0.1) is 5.92 Å². The topological polar surface area (TPSA) is 43.1 Å². The molecule has 0 aliphatic rings. The van der Waals surface area contributed by atoms with E-state index in [-0.39, 0.29) is 10.8 Å². The molecular formula is C13H17NO2. The standard InChI is InChI=1S/C13H17NO2/c1-3-8-12(13(4-2)14(15)16)11-9-6-5-7-10-11/h3,5-7,9-10,12-13H,1,4,8H2,2H3. The third kappa shape index (κ3) is 2.92. The lowest BCUT2D eigenvalue weighted by molar-refractivity contribution is -0.527. The van der Waals surface area contributed by atoms with Crippen LogP contribution in [0, 0.1) is 10.1 Å². The first kappa shape index (κ1) is 12.4. The van der Waals surface area contributed by atoms with Gasteiger partial charge in [0.2, 0.25) is 6.04 Å². The van der Waals surface area contributed by atoms with Crippen molar-refractivity contribution < 1.29 is 4.92 Å². The van der Waals surface area contributed by atoms with Crippen LogP contribution in [0.1, 0.15) is 31.2 Å². The SMILES string of the molecule is C=CCC(c1ccccc1)C(CC)[N+](=O)[O-]. The number of allylic oxidation sites excluding steroid dienone is 1. The summed E-state index contributed by atoms with van der Waals surface area (Å²) in [6, 6.07) is 9.11. The number of nitrogens with zero attached hydrogens (tertiary/aromatic N) is 1. The second-order valence-corrected chi connectivity index (χ2v) is 3.80. The van der Waals surface area contributed by atoms with Gasteiger partial charge in [-0.3, -0.25) is 10.1 Å². The molecule has 0 N–H and O–H groups in total. The summed E-state index contributed by atoms with van der Waals surface area (Å²) >= 11 is 0. The third-order valence-corrected chi connectivity index (χ3v) is 2.80. The fraction of sp³-hybridized carbons (Fsp3) is 0.385. The molecule has 3 nitrogen and oxygen atoms in total. The van der Waals surface area contributed by atoms with E-state index in [4.69, 9.17) is 0 Å². The molecule has 0 aromatic heterocycles. The summed E-state index contributed by atoms with van der Waals surface area (Å²) in [6.07, 6.45) is 2.94. The first-order chi connectivity index (χ1) is 7.70. The van der Waals surface area contributed by atoms with E-state index in [2.05, 4.69) is 6.58 Å². The molecule has 0 radical (unpaired) electrons. The average molecular weight is 219 g/mol. The van der Waals surface area contributed by atoms with Crippen LogP contribution in [0.3, 0.4) is 0 Å². The van der Waals surface area contributed by atoms with E-state index >= 15 is 0 Å². The van der Waals surface area contributed by atoms with Crippen LogP contribution < -0.4 is 0 Å². The number of hydrogen-bond donors (Lipinski definition) is 0. The summed E-state index contributed by atoms with van der Waals surface area (Å²) in [4.78, 5) is 10.8. The zero-order valence-corrected chi connectivity index (χ0v) is 9.50. The van der Waals surface area contributed by atoms with E-state index < -0.39 is 6.04 Å². The molecule has 86 valence electrons. The van der Waals surface area contributed by atoms with Crippen LogP contribution in [-0.2, 0) is 0 Å². The predicted octanol–water partition coefficient (Wildman–Crippen LogP) is 3.40. The molecule has 1 aromatic rings. The van der Waals surface area contributed by atoms with Crippen LogP contribution in [0.5, 0.6) is 0 Å². The lowest BCUT2D eigenvalue weighted by Crippen LogP contribution is -2.26. The van der Waals surface area contributed by atoms with Gasteiger partial charge in [-0.25, -0.2) is 0 Å². The van der Waals surface area contributed by atoms with Crippen molar-refractivity contribution in [3.8, 4) is 0 Å². The van der Waals surface area contributed by atoms with E-state index in [0.717, 1.165) is 5.56 Å². The molecule has 0 aliphatic heterocycles. The summed E-state index contributed by atoms with van der Waals surface area (Å²) in [6.45, 7) is 5.53. The third-order valence-electron chi connectivity index (χ3n) is 2.80. The van der Waals surface area contributed by atoms with Gasteiger partial charge in [-0.1, -0.05) is 43.3 Å². The maximum Gasteiger partial charge on any atom is 0.219 e.